The normalized spacial score (nSPS) is 19.2. The zero-order valence-electron chi connectivity index (χ0n) is 13.2. The van der Waals surface area contributed by atoms with E-state index in [4.69, 9.17) is 25.9 Å². The summed E-state index contributed by atoms with van der Waals surface area (Å²) in [5, 5.41) is 9.72. The molecule has 2 heterocycles. The monoisotopic (exact) mass is 336 g/mol. The van der Waals surface area contributed by atoms with Crippen LogP contribution in [-0.2, 0) is 11.3 Å². The molecule has 0 radical (unpaired) electrons. The molecule has 3 rings (SSSR count). The van der Waals surface area contributed by atoms with E-state index >= 15 is 0 Å². The second-order valence-corrected chi connectivity index (χ2v) is 6.21. The smallest absolute Gasteiger partial charge is 0.226 e. The third-order valence-corrected chi connectivity index (χ3v) is 4.25. The van der Waals surface area contributed by atoms with Crippen LogP contribution in [0.25, 0.3) is 11.5 Å². The average Bonchev–Trinajstić information content (AvgIpc) is 2.89. The lowest BCUT2D eigenvalue weighted by Gasteiger charge is -2.32. The lowest BCUT2D eigenvalue weighted by atomic mass is 10.2. The molecule has 124 valence electrons. The number of hydrogen-bond acceptors (Lipinski definition) is 5. The number of hydrogen-bond donors (Lipinski definition) is 1. The van der Waals surface area contributed by atoms with Gasteiger partial charge in [0.1, 0.15) is 5.76 Å². The summed E-state index contributed by atoms with van der Waals surface area (Å²) in [5.41, 5.74) is 1.82. The van der Waals surface area contributed by atoms with Gasteiger partial charge in [0, 0.05) is 36.8 Å². The van der Waals surface area contributed by atoms with Crippen molar-refractivity contribution >= 4 is 11.6 Å². The SMILES string of the molecule is Cc1oc(-c2cccc(Cl)c2)nc1CN1CCOC(CCO)C1. The molecule has 1 aromatic carbocycles. The van der Waals surface area contributed by atoms with Crippen molar-refractivity contribution in [2.24, 2.45) is 0 Å². The van der Waals surface area contributed by atoms with Crippen LogP contribution in [0.1, 0.15) is 17.9 Å². The topological polar surface area (TPSA) is 58.7 Å². The van der Waals surface area contributed by atoms with E-state index in [9.17, 15) is 0 Å². The highest BCUT2D eigenvalue weighted by atomic mass is 35.5. The van der Waals surface area contributed by atoms with Crippen molar-refractivity contribution in [1.29, 1.82) is 0 Å². The molecule has 0 amide bonds. The molecule has 23 heavy (non-hydrogen) atoms. The van der Waals surface area contributed by atoms with Crippen LogP contribution in [0.15, 0.2) is 28.7 Å². The first-order chi connectivity index (χ1) is 11.2. The second-order valence-electron chi connectivity index (χ2n) is 5.77. The van der Waals surface area contributed by atoms with Crippen molar-refractivity contribution in [3.63, 3.8) is 0 Å². The molecule has 1 unspecified atom stereocenters. The molecule has 5 nitrogen and oxygen atoms in total. The Hall–Kier alpha value is -1.40. The molecule has 0 saturated carbocycles. The number of nitrogens with zero attached hydrogens (tertiary/aromatic N) is 2. The number of aromatic nitrogens is 1. The molecule has 0 spiro atoms. The van der Waals surface area contributed by atoms with E-state index in [0.717, 1.165) is 36.7 Å². The molecule has 1 saturated heterocycles. The fourth-order valence-corrected chi connectivity index (χ4v) is 2.96. The largest absolute Gasteiger partial charge is 0.441 e. The molecule has 1 aliphatic rings. The van der Waals surface area contributed by atoms with Gasteiger partial charge in [-0.25, -0.2) is 4.98 Å². The molecule has 6 heteroatoms. The minimum atomic E-state index is 0.0911. The highest BCUT2D eigenvalue weighted by Crippen LogP contribution is 2.25. The van der Waals surface area contributed by atoms with E-state index < -0.39 is 0 Å². The van der Waals surface area contributed by atoms with Crippen molar-refractivity contribution in [2.75, 3.05) is 26.3 Å². The number of ether oxygens (including phenoxy) is 1. The Morgan fingerprint density at radius 3 is 3.09 bits per heavy atom. The molecule has 1 atom stereocenters. The van der Waals surface area contributed by atoms with Crippen molar-refractivity contribution < 1.29 is 14.3 Å². The quantitative estimate of drug-likeness (QED) is 0.909. The van der Waals surface area contributed by atoms with E-state index in [-0.39, 0.29) is 12.7 Å². The van der Waals surface area contributed by atoms with Gasteiger partial charge in [-0.15, -0.1) is 0 Å². The summed E-state index contributed by atoms with van der Waals surface area (Å²) in [6.45, 7) is 5.16. The van der Waals surface area contributed by atoms with Gasteiger partial charge in [-0.1, -0.05) is 17.7 Å². The van der Waals surface area contributed by atoms with Crippen molar-refractivity contribution in [3.8, 4) is 11.5 Å². The third-order valence-electron chi connectivity index (χ3n) is 4.01. The van der Waals surface area contributed by atoms with Crippen LogP contribution in [0.3, 0.4) is 0 Å². The Labute approximate surface area is 140 Å². The molecular formula is C17H21ClN2O3. The van der Waals surface area contributed by atoms with Gasteiger partial charge in [-0.3, -0.25) is 4.90 Å². The summed E-state index contributed by atoms with van der Waals surface area (Å²) >= 11 is 6.03. The number of rotatable bonds is 5. The number of halogens is 1. The van der Waals surface area contributed by atoms with Gasteiger partial charge in [-0.2, -0.15) is 0 Å². The predicted octanol–water partition coefficient (Wildman–Crippen LogP) is 2.89. The first-order valence-corrected chi connectivity index (χ1v) is 8.20. The number of oxazole rings is 1. The van der Waals surface area contributed by atoms with E-state index in [0.29, 0.717) is 23.9 Å². The predicted molar refractivity (Wildman–Crippen MR) is 88.4 cm³/mol. The average molecular weight is 337 g/mol. The van der Waals surface area contributed by atoms with Crippen molar-refractivity contribution in [1.82, 2.24) is 9.88 Å². The number of benzene rings is 1. The molecule has 1 aliphatic heterocycles. The molecule has 0 bridgehead atoms. The van der Waals surface area contributed by atoms with Gasteiger partial charge in [-0.05, 0) is 31.5 Å². The van der Waals surface area contributed by atoms with Crippen LogP contribution in [0, 0.1) is 6.92 Å². The van der Waals surface area contributed by atoms with Crippen molar-refractivity contribution in [2.45, 2.75) is 26.0 Å². The van der Waals surface area contributed by atoms with Crippen LogP contribution in [0.2, 0.25) is 5.02 Å². The van der Waals surface area contributed by atoms with Crippen LogP contribution in [0.4, 0.5) is 0 Å². The van der Waals surface area contributed by atoms with Gasteiger partial charge >= 0.3 is 0 Å². The molecule has 1 fully saturated rings. The minimum absolute atomic E-state index is 0.0911. The molecular weight excluding hydrogens is 316 g/mol. The standard InChI is InChI=1S/C17H21ClN2O3/c1-12-16(11-20-6-8-22-15(10-20)5-7-21)19-17(23-12)13-3-2-4-14(18)9-13/h2-4,9,15,21H,5-8,10-11H2,1H3. The molecule has 1 N–H and O–H groups in total. The molecule has 0 aliphatic carbocycles. The Bertz CT molecular complexity index is 657. The van der Waals surface area contributed by atoms with Crippen LogP contribution < -0.4 is 0 Å². The van der Waals surface area contributed by atoms with Crippen LogP contribution >= 0.6 is 11.6 Å². The van der Waals surface area contributed by atoms with E-state index in [1.165, 1.54) is 0 Å². The van der Waals surface area contributed by atoms with Gasteiger partial charge in [0.2, 0.25) is 5.89 Å². The summed E-state index contributed by atoms with van der Waals surface area (Å²) in [6, 6.07) is 7.50. The van der Waals surface area contributed by atoms with Crippen LogP contribution in [0.5, 0.6) is 0 Å². The highest BCUT2D eigenvalue weighted by Gasteiger charge is 2.22. The first kappa shape index (κ1) is 16.5. The van der Waals surface area contributed by atoms with E-state index in [2.05, 4.69) is 9.88 Å². The van der Waals surface area contributed by atoms with E-state index in [1.807, 2.05) is 31.2 Å². The second kappa shape index (κ2) is 7.45. The lowest BCUT2D eigenvalue weighted by molar-refractivity contribution is -0.0411. The van der Waals surface area contributed by atoms with E-state index in [1.54, 1.807) is 0 Å². The number of morpholine rings is 1. The maximum atomic E-state index is 9.05. The lowest BCUT2D eigenvalue weighted by Crippen LogP contribution is -2.42. The van der Waals surface area contributed by atoms with Gasteiger partial charge in [0.05, 0.1) is 18.4 Å². The highest BCUT2D eigenvalue weighted by molar-refractivity contribution is 6.30. The summed E-state index contributed by atoms with van der Waals surface area (Å²) in [6.07, 6.45) is 0.760. The molecule has 2 aromatic rings. The third kappa shape index (κ3) is 4.12. The Morgan fingerprint density at radius 2 is 2.30 bits per heavy atom. The number of aliphatic hydroxyl groups excluding tert-OH is 1. The summed E-state index contributed by atoms with van der Waals surface area (Å²) < 4.78 is 11.4. The Kier molecular flexibility index (Phi) is 5.33. The minimum Gasteiger partial charge on any atom is -0.441 e. The zero-order chi connectivity index (χ0) is 16.2. The van der Waals surface area contributed by atoms with Gasteiger partial charge in [0.25, 0.3) is 0 Å². The number of aryl methyl sites for hydroxylation is 1. The Balaban J connectivity index is 1.71. The number of aliphatic hydroxyl groups is 1. The van der Waals surface area contributed by atoms with Crippen molar-refractivity contribution in [3.05, 3.63) is 40.7 Å². The first-order valence-electron chi connectivity index (χ1n) is 7.83. The Morgan fingerprint density at radius 1 is 1.43 bits per heavy atom. The maximum absolute atomic E-state index is 9.05. The van der Waals surface area contributed by atoms with Gasteiger partial charge in [0.15, 0.2) is 0 Å². The fourth-order valence-electron chi connectivity index (χ4n) is 2.77. The molecule has 1 aromatic heterocycles. The summed E-state index contributed by atoms with van der Waals surface area (Å²) in [5.74, 6) is 1.42. The summed E-state index contributed by atoms with van der Waals surface area (Å²) in [7, 11) is 0. The summed E-state index contributed by atoms with van der Waals surface area (Å²) in [4.78, 5) is 6.92. The fraction of sp³-hybridized carbons (Fsp3) is 0.471. The van der Waals surface area contributed by atoms with Crippen LogP contribution in [-0.4, -0.2) is 47.4 Å². The van der Waals surface area contributed by atoms with Gasteiger partial charge < -0.3 is 14.3 Å². The zero-order valence-corrected chi connectivity index (χ0v) is 13.9. The maximum Gasteiger partial charge on any atom is 0.226 e.